The lowest BCUT2D eigenvalue weighted by atomic mass is 9.80. The highest BCUT2D eigenvalue weighted by atomic mass is 16.6. The Balaban J connectivity index is 1.45. The van der Waals surface area contributed by atoms with E-state index < -0.39 is 17.9 Å². The van der Waals surface area contributed by atoms with Gasteiger partial charge in [0.1, 0.15) is 0 Å². The zero-order valence-corrected chi connectivity index (χ0v) is 21.5. The first-order valence-corrected chi connectivity index (χ1v) is 13.2. The summed E-state index contributed by atoms with van der Waals surface area (Å²) < 4.78 is 10.3. The second kappa shape index (κ2) is 12.2. The van der Waals surface area contributed by atoms with Gasteiger partial charge in [-0.15, -0.1) is 0 Å². The van der Waals surface area contributed by atoms with Crippen molar-refractivity contribution in [3.63, 3.8) is 0 Å². The molecule has 0 spiro atoms. The number of rotatable bonds is 9. The van der Waals surface area contributed by atoms with Crippen LogP contribution in [0.2, 0.25) is 0 Å². The molecular weight excluding hydrogens is 450 g/mol. The number of carbonyl (C=O) groups is 2. The molecule has 1 fully saturated rings. The summed E-state index contributed by atoms with van der Waals surface area (Å²) in [6.45, 7) is 6.17. The van der Waals surface area contributed by atoms with Crippen molar-refractivity contribution in [1.82, 2.24) is 5.32 Å². The fourth-order valence-electron chi connectivity index (χ4n) is 5.50. The van der Waals surface area contributed by atoms with Crippen LogP contribution in [-0.2, 0) is 19.1 Å². The summed E-state index contributed by atoms with van der Waals surface area (Å²) in [5.41, 5.74) is 3.20. The normalized spacial score (nSPS) is 18.7. The molecule has 1 N–H and O–H groups in total. The standard InChI is InChI=1S/C31H37NO4/c1-4-35-30(33)29(31(34)36-5-2)24-18-16-22(17-19-24)25-12-8-13-26(20-25)32-21(3)27-15-9-11-23-10-6-7-14-28(23)27/h6-7,9-11,14-19,21,25-26,29,32H,4-5,8,12-13,20H2,1-3H3/t21?,25-,26?/m0/s1. The molecule has 1 aliphatic rings. The van der Waals surface area contributed by atoms with Gasteiger partial charge in [0.2, 0.25) is 0 Å². The predicted octanol–water partition coefficient (Wildman–Crippen LogP) is 6.43. The lowest BCUT2D eigenvalue weighted by Crippen LogP contribution is -2.35. The van der Waals surface area contributed by atoms with Crippen LogP contribution in [0.15, 0.2) is 66.7 Å². The van der Waals surface area contributed by atoms with E-state index in [0.29, 0.717) is 17.5 Å². The molecule has 3 aromatic carbocycles. The minimum absolute atomic E-state index is 0.223. The lowest BCUT2D eigenvalue weighted by molar-refractivity contribution is -0.156. The third-order valence-electron chi connectivity index (χ3n) is 7.24. The van der Waals surface area contributed by atoms with Crippen LogP contribution in [0, 0.1) is 0 Å². The molecule has 0 heterocycles. The predicted molar refractivity (Wildman–Crippen MR) is 143 cm³/mol. The van der Waals surface area contributed by atoms with Gasteiger partial charge in [-0.05, 0) is 73.4 Å². The van der Waals surface area contributed by atoms with Crippen molar-refractivity contribution < 1.29 is 19.1 Å². The smallest absolute Gasteiger partial charge is 0.324 e. The molecule has 1 aliphatic carbocycles. The largest absolute Gasteiger partial charge is 0.465 e. The molecule has 2 unspecified atom stereocenters. The van der Waals surface area contributed by atoms with Crippen molar-refractivity contribution in [1.29, 1.82) is 0 Å². The third-order valence-corrected chi connectivity index (χ3v) is 7.24. The van der Waals surface area contributed by atoms with Crippen molar-refractivity contribution in [3.8, 4) is 0 Å². The van der Waals surface area contributed by atoms with Gasteiger partial charge in [-0.2, -0.15) is 0 Å². The van der Waals surface area contributed by atoms with Crippen LogP contribution in [0.25, 0.3) is 10.8 Å². The molecule has 3 aromatic rings. The maximum Gasteiger partial charge on any atom is 0.324 e. The summed E-state index contributed by atoms with van der Waals surface area (Å²) in [4.78, 5) is 24.9. The summed E-state index contributed by atoms with van der Waals surface area (Å²) in [6, 6.07) is 23.7. The van der Waals surface area contributed by atoms with E-state index in [2.05, 4.69) is 66.8 Å². The Bertz CT molecular complexity index is 1150. The molecule has 3 atom stereocenters. The molecule has 36 heavy (non-hydrogen) atoms. The Morgan fingerprint density at radius 2 is 1.56 bits per heavy atom. The highest BCUT2D eigenvalue weighted by Gasteiger charge is 2.32. The molecule has 0 bridgehead atoms. The number of benzene rings is 3. The summed E-state index contributed by atoms with van der Waals surface area (Å²) in [7, 11) is 0. The average molecular weight is 488 g/mol. The first-order chi connectivity index (χ1) is 17.5. The third kappa shape index (κ3) is 5.96. The number of hydrogen-bond donors (Lipinski definition) is 1. The molecule has 0 amide bonds. The van der Waals surface area contributed by atoms with E-state index in [1.54, 1.807) is 13.8 Å². The molecular formula is C31H37NO4. The fraction of sp³-hybridized carbons (Fsp3) is 0.419. The maximum atomic E-state index is 12.5. The average Bonchev–Trinajstić information content (AvgIpc) is 2.89. The van der Waals surface area contributed by atoms with E-state index in [4.69, 9.17) is 9.47 Å². The number of nitrogens with one attached hydrogen (secondary N) is 1. The number of fused-ring (bicyclic) bond motifs is 1. The summed E-state index contributed by atoms with van der Waals surface area (Å²) >= 11 is 0. The molecule has 190 valence electrons. The molecule has 5 nitrogen and oxygen atoms in total. The monoisotopic (exact) mass is 487 g/mol. The Labute approximate surface area is 214 Å². The van der Waals surface area contributed by atoms with Crippen molar-refractivity contribution in [3.05, 3.63) is 83.4 Å². The van der Waals surface area contributed by atoms with E-state index in [1.165, 1.54) is 28.3 Å². The number of carbonyl (C=O) groups excluding carboxylic acids is 2. The number of ether oxygens (including phenoxy) is 2. The van der Waals surface area contributed by atoms with Crippen molar-refractivity contribution in [2.45, 2.75) is 70.4 Å². The van der Waals surface area contributed by atoms with Gasteiger partial charge in [0.15, 0.2) is 5.92 Å². The van der Waals surface area contributed by atoms with E-state index in [9.17, 15) is 9.59 Å². The highest BCUT2D eigenvalue weighted by Crippen LogP contribution is 2.35. The Morgan fingerprint density at radius 1 is 0.889 bits per heavy atom. The zero-order chi connectivity index (χ0) is 25.5. The van der Waals surface area contributed by atoms with Gasteiger partial charge in [0, 0.05) is 12.1 Å². The Morgan fingerprint density at radius 3 is 2.25 bits per heavy atom. The Hall–Kier alpha value is -3.18. The van der Waals surface area contributed by atoms with Gasteiger partial charge in [-0.25, -0.2) is 0 Å². The number of esters is 2. The van der Waals surface area contributed by atoms with Crippen molar-refractivity contribution in [2.24, 2.45) is 0 Å². The first-order valence-electron chi connectivity index (χ1n) is 13.2. The topological polar surface area (TPSA) is 64.6 Å². The van der Waals surface area contributed by atoms with Gasteiger partial charge in [0.05, 0.1) is 13.2 Å². The van der Waals surface area contributed by atoms with Crippen LogP contribution in [0.5, 0.6) is 0 Å². The summed E-state index contributed by atoms with van der Waals surface area (Å²) in [5.74, 6) is -1.73. The second-order valence-corrected chi connectivity index (χ2v) is 9.62. The Kier molecular flexibility index (Phi) is 8.76. The second-order valence-electron chi connectivity index (χ2n) is 9.62. The molecule has 0 aromatic heterocycles. The van der Waals surface area contributed by atoms with E-state index >= 15 is 0 Å². The van der Waals surface area contributed by atoms with Crippen LogP contribution in [0.4, 0.5) is 0 Å². The summed E-state index contributed by atoms with van der Waals surface area (Å²) in [6.07, 6.45) is 4.53. The summed E-state index contributed by atoms with van der Waals surface area (Å²) in [5, 5.41) is 6.47. The number of hydrogen-bond acceptors (Lipinski definition) is 5. The van der Waals surface area contributed by atoms with Gasteiger partial charge >= 0.3 is 11.9 Å². The van der Waals surface area contributed by atoms with E-state index in [0.717, 1.165) is 19.3 Å². The lowest BCUT2D eigenvalue weighted by Gasteiger charge is -2.33. The minimum Gasteiger partial charge on any atom is -0.465 e. The SMILES string of the molecule is CCOC(=O)C(C(=O)OCC)c1ccc([C@H]2CCCC(NC(C)c3cccc4ccccc34)C2)cc1. The molecule has 4 rings (SSSR count). The van der Waals surface area contributed by atoms with Gasteiger partial charge in [-0.1, -0.05) is 73.2 Å². The van der Waals surface area contributed by atoms with Crippen LogP contribution >= 0.6 is 0 Å². The molecule has 1 saturated carbocycles. The maximum absolute atomic E-state index is 12.5. The van der Waals surface area contributed by atoms with E-state index in [1.807, 2.05) is 12.1 Å². The minimum atomic E-state index is -1.04. The van der Waals surface area contributed by atoms with Crippen LogP contribution in [0.3, 0.4) is 0 Å². The fourth-order valence-corrected chi connectivity index (χ4v) is 5.50. The molecule has 5 heteroatoms. The highest BCUT2D eigenvalue weighted by molar-refractivity contribution is 6.00. The van der Waals surface area contributed by atoms with Crippen LogP contribution in [-0.4, -0.2) is 31.2 Å². The van der Waals surface area contributed by atoms with Crippen LogP contribution < -0.4 is 5.32 Å². The first kappa shape index (κ1) is 25.9. The molecule has 0 radical (unpaired) electrons. The quantitative estimate of drug-likeness (QED) is 0.278. The van der Waals surface area contributed by atoms with E-state index in [-0.39, 0.29) is 19.3 Å². The van der Waals surface area contributed by atoms with Crippen molar-refractivity contribution in [2.75, 3.05) is 13.2 Å². The molecule has 0 saturated heterocycles. The van der Waals surface area contributed by atoms with Crippen LogP contribution in [0.1, 0.15) is 81.0 Å². The zero-order valence-electron chi connectivity index (χ0n) is 21.5. The van der Waals surface area contributed by atoms with Gasteiger partial charge in [-0.3, -0.25) is 9.59 Å². The van der Waals surface area contributed by atoms with Gasteiger partial charge in [0.25, 0.3) is 0 Å². The van der Waals surface area contributed by atoms with Gasteiger partial charge < -0.3 is 14.8 Å². The van der Waals surface area contributed by atoms with Crippen molar-refractivity contribution >= 4 is 22.7 Å². The molecule has 0 aliphatic heterocycles.